The highest BCUT2D eigenvalue weighted by atomic mass is 35.5. The third kappa shape index (κ3) is 4.65. The van der Waals surface area contributed by atoms with Gasteiger partial charge in [0.1, 0.15) is 11.6 Å². The molecule has 0 aliphatic rings. The molecular formula is C14H18ClFO2. The Labute approximate surface area is 112 Å². The average Bonchev–Trinajstić information content (AvgIpc) is 2.29. The van der Waals surface area contributed by atoms with Crippen molar-refractivity contribution in [3.05, 3.63) is 29.6 Å². The summed E-state index contributed by atoms with van der Waals surface area (Å²) in [6.07, 6.45) is 1.76. The highest BCUT2D eigenvalue weighted by Crippen LogP contribution is 2.21. The predicted molar refractivity (Wildman–Crippen MR) is 71.0 cm³/mol. The molecule has 0 radical (unpaired) electrons. The maximum Gasteiger partial charge on any atom is 0.163 e. The van der Waals surface area contributed by atoms with E-state index in [1.54, 1.807) is 0 Å². The zero-order valence-electron chi connectivity index (χ0n) is 10.7. The van der Waals surface area contributed by atoms with E-state index in [0.29, 0.717) is 29.7 Å². The molecule has 0 amide bonds. The molecule has 100 valence electrons. The number of Topliss-reactive ketones (excluding diaryl/α,β-unsaturated/α-hetero) is 1. The molecule has 0 aliphatic carbocycles. The fraction of sp³-hybridized carbons (Fsp3) is 0.500. The molecule has 0 saturated carbocycles. The summed E-state index contributed by atoms with van der Waals surface area (Å²) < 4.78 is 18.6. The van der Waals surface area contributed by atoms with Gasteiger partial charge in [0.15, 0.2) is 5.78 Å². The van der Waals surface area contributed by atoms with Crippen molar-refractivity contribution in [3.63, 3.8) is 0 Å². The van der Waals surface area contributed by atoms with Crippen LogP contribution in [0.25, 0.3) is 0 Å². The Hall–Kier alpha value is -1.09. The fourth-order valence-electron chi connectivity index (χ4n) is 1.61. The summed E-state index contributed by atoms with van der Waals surface area (Å²) in [5.74, 6) is 0.875. The van der Waals surface area contributed by atoms with Gasteiger partial charge in [-0.1, -0.05) is 6.92 Å². The van der Waals surface area contributed by atoms with Crippen molar-refractivity contribution in [3.8, 4) is 5.75 Å². The minimum atomic E-state index is -0.399. The van der Waals surface area contributed by atoms with Crippen molar-refractivity contribution in [2.75, 3.05) is 12.5 Å². The van der Waals surface area contributed by atoms with Gasteiger partial charge >= 0.3 is 0 Å². The largest absolute Gasteiger partial charge is 0.493 e. The lowest BCUT2D eigenvalue weighted by Gasteiger charge is -2.12. The number of carbonyl (C=O) groups excluding carboxylic acids is 1. The van der Waals surface area contributed by atoms with Gasteiger partial charge < -0.3 is 4.74 Å². The molecule has 0 N–H and O–H groups in total. The zero-order valence-corrected chi connectivity index (χ0v) is 11.5. The number of ketones is 1. The third-order valence-electron chi connectivity index (χ3n) is 2.79. The van der Waals surface area contributed by atoms with Crippen molar-refractivity contribution in [1.82, 2.24) is 0 Å². The van der Waals surface area contributed by atoms with Crippen LogP contribution < -0.4 is 4.74 Å². The molecule has 1 unspecified atom stereocenters. The summed E-state index contributed by atoms with van der Waals surface area (Å²) in [6.45, 7) is 3.99. The van der Waals surface area contributed by atoms with Crippen LogP contribution in [0.3, 0.4) is 0 Å². The van der Waals surface area contributed by atoms with E-state index in [1.807, 2.05) is 0 Å². The summed E-state index contributed by atoms with van der Waals surface area (Å²) in [5.41, 5.74) is 0.418. The molecule has 0 aromatic heterocycles. The topological polar surface area (TPSA) is 26.3 Å². The minimum Gasteiger partial charge on any atom is -0.493 e. The standard InChI is InChI=1S/C14H18ClFO2/c1-10(5-7-15)6-8-18-14-9-12(16)3-4-13(14)11(2)17/h3-4,9-10H,5-8H2,1-2H3. The first kappa shape index (κ1) is 15.0. The van der Waals surface area contributed by atoms with Gasteiger partial charge in [0.2, 0.25) is 0 Å². The number of rotatable bonds is 7. The molecule has 18 heavy (non-hydrogen) atoms. The number of hydrogen-bond acceptors (Lipinski definition) is 2. The molecule has 0 heterocycles. The summed E-state index contributed by atoms with van der Waals surface area (Å²) >= 11 is 5.64. The van der Waals surface area contributed by atoms with E-state index < -0.39 is 5.82 Å². The monoisotopic (exact) mass is 272 g/mol. The smallest absolute Gasteiger partial charge is 0.163 e. The lowest BCUT2D eigenvalue weighted by Crippen LogP contribution is -2.07. The summed E-state index contributed by atoms with van der Waals surface area (Å²) in [4.78, 5) is 11.4. The Morgan fingerprint density at radius 3 is 2.78 bits per heavy atom. The van der Waals surface area contributed by atoms with Crippen LogP contribution in [0.1, 0.15) is 37.0 Å². The molecule has 0 fully saturated rings. The van der Waals surface area contributed by atoms with E-state index in [-0.39, 0.29) is 5.78 Å². The molecule has 0 spiro atoms. The molecule has 0 saturated heterocycles. The van der Waals surface area contributed by atoms with Crippen LogP contribution in [0.5, 0.6) is 5.75 Å². The molecular weight excluding hydrogens is 255 g/mol. The van der Waals surface area contributed by atoms with Crippen molar-refractivity contribution < 1.29 is 13.9 Å². The quantitative estimate of drug-likeness (QED) is 0.553. The Balaban J connectivity index is 2.60. The Bertz CT molecular complexity index is 407. The number of alkyl halides is 1. The Kier molecular flexibility index (Phi) is 6.13. The van der Waals surface area contributed by atoms with Gasteiger partial charge in [-0.25, -0.2) is 4.39 Å². The second kappa shape index (κ2) is 7.37. The Morgan fingerprint density at radius 2 is 2.17 bits per heavy atom. The van der Waals surface area contributed by atoms with Gasteiger partial charge in [-0.3, -0.25) is 4.79 Å². The van der Waals surface area contributed by atoms with E-state index in [0.717, 1.165) is 12.8 Å². The lowest BCUT2D eigenvalue weighted by atomic mass is 10.1. The maximum atomic E-state index is 13.1. The number of carbonyl (C=O) groups is 1. The van der Waals surface area contributed by atoms with Gasteiger partial charge in [0.25, 0.3) is 0 Å². The molecule has 1 aromatic rings. The molecule has 2 nitrogen and oxygen atoms in total. The molecule has 1 atom stereocenters. The van der Waals surface area contributed by atoms with E-state index in [9.17, 15) is 9.18 Å². The first-order valence-electron chi connectivity index (χ1n) is 6.04. The van der Waals surface area contributed by atoms with Gasteiger partial charge in [0, 0.05) is 11.9 Å². The maximum absolute atomic E-state index is 13.1. The normalized spacial score (nSPS) is 12.2. The van der Waals surface area contributed by atoms with Crippen LogP contribution in [0.4, 0.5) is 4.39 Å². The van der Waals surface area contributed by atoms with E-state index in [4.69, 9.17) is 16.3 Å². The zero-order chi connectivity index (χ0) is 13.5. The molecule has 1 rings (SSSR count). The van der Waals surface area contributed by atoms with Crippen molar-refractivity contribution in [2.24, 2.45) is 5.92 Å². The molecule has 0 aliphatic heterocycles. The average molecular weight is 273 g/mol. The number of halogens is 2. The second-order valence-electron chi connectivity index (χ2n) is 4.42. The lowest BCUT2D eigenvalue weighted by molar-refractivity contribution is 0.101. The van der Waals surface area contributed by atoms with Gasteiger partial charge in [-0.2, -0.15) is 0 Å². The number of ether oxygens (including phenoxy) is 1. The van der Waals surface area contributed by atoms with Crippen LogP contribution in [-0.2, 0) is 0 Å². The van der Waals surface area contributed by atoms with E-state index in [2.05, 4.69) is 6.92 Å². The van der Waals surface area contributed by atoms with Crippen molar-refractivity contribution in [1.29, 1.82) is 0 Å². The van der Waals surface area contributed by atoms with Crippen LogP contribution in [0, 0.1) is 11.7 Å². The van der Waals surface area contributed by atoms with Gasteiger partial charge in [0.05, 0.1) is 12.2 Å². The summed E-state index contributed by atoms with van der Waals surface area (Å²) in [7, 11) is 0. The van der Waals surface area contributed by atoms with E-state index >= 15 is 0 Å². The van der Waals surface area contributed by atoms with Crippen LogP contribution in [0.2, 0.25) is 0 Å². The fourth-order valence-corrected chi connectivity index (χ4v) is 1.98. The predicted octanol–water partition coefficient (Wildman–Crippen LogP) is 4.06. The highest BCUT2D eigenvalue weighted by molar-refractivity contribution is 6.17. The van der Waals surface area contributed by atoms with Crippen LogP contribution in [-0.4, -0.2) is 18.3 Å². The minimum absolute atomic E-state index is 0.126. The van der Waals surface area contributed by atoms with E-state index in [1.165, 1.54) is 25.1 Å². The summed E-state index contributed by atoms with van der Waals surface area (Å²) in [6, 6.07) is 3.97. The molecule has 1 aromatic carbocycles. The van der Waals surface area contributed by atoms with Gasteiger partial charge in [-0.05, 0) is 37.8 Å². The van der Waals surface area contributed by atoms with Crippen LogP contribution >= 0.6 is 11.6 Å². The summed E-state index contributed by atoms with van der Waals surface area (Å²) in [5, 5.41) is 0. The second-order valence-corrected chi connectivity index (χ2v) is 4.79. The highest BCUT2D eigenvalue weighted by Gasteiger charge is 2.10. The molecule has 4 heteroatoms. The van der Waals surface area contributed by atoms with Crippen molar-refractivity contribution >= 4 is 17.4 Å². The SMILES string of the molecule is CC(=O)c1ccc(F)cc1OCCC(C)CCCl. The Morgan fingerprint density at radius 1 is 1.44 bits per heavy atom. The first-order valence-corrected chi connectivity index (χ1v) is 6.57. The van der Waals surface area contributed by atoms with Crippen LogP contribution in [0.15, 0.2) is 18.2 Å². The first-order chi connectivity index (χ1) is 8.54. The van der Waals surface area contributed by atoms with Crippen molar-refractivity contribution in [2.45, 2.75) is 26.7 Å². The third-order valence-corrected chi connectivity index (χ3v) is 3.01. The number of benzene rings is 1. The number of hydrogen-bond donors (Lipinski definition) is 0. The van der Waals surface area contributed by atoms with Gasteiger partial charge in [-0.15, -0.1) is 11.6 Å². The molecule has 0 bridgehead atoms.